The zero-order chi connectivity index (χ0) is 29.4. The Kier molecular flexibility index (Phi) is 9.41. The van der Waals surface area contributed by atoms with Crippen molar-refractivity contribution in [3.05, 3.63) is 77.0 Å². The lowest BCUT2D eigenvalue weighted by Crippen LogP contribution is -2.45. The number of benzene rings is 3. The first-order valence-electron chi connectivity index (χ1n) is 13.1. The number of ether oxygens (including phenoxy) is 4. The number of carbonyl (C=O) groups is 3. The van der Waals surface area contributed by atoms with Crippen LogP contribution in [0.5, 0.6) is 17.2 Å². The molecule has 1 heterocycles. The van der Waals surface area contributed by atoms with Gasteiger partial charge in [-0.05, 0) is 55.3 Å². The van der Waals surface area contributed by atoms with Crippen molar-refractivity contribution in [2.24, 2.45) is 5.10 Å². The third-order valence-corrected chi connectivity index (χ3v) is 6.26. The SMILES string of the molecule is CCOC(=O)C1=C(C)NC(=O)N[C@@H]1c1ccc(OCC(=O)N/N=C\c2c(OCC)ccc3ccccc23)c(OC)c1. The second-order valence-corrected chi connectivity index (χ2v) is 8.91. The Morgan fingerprint density at radius 3 is 2.54 bits per heavy atom. The molecule has 1 atom stereocenters. The van der Waals surface area contributed by atoms with Gasteiger partial charge < -0.3 is 29.6 Å². The van der Waals surface area contributed by atoms with E-state index in [-0.39, 0.29) is 18.8 Å². The van der Waals surface area contributed by atoms with Crippen LogP contribution in [-0.2, 0) is 14.3 Å². The van der Waals surface area contributed by atoms with Gasteiger partial charge in [0.1, 0.15) is 5.75 Å². The van der Waals surface area contributed by atoms with Gasteiger partial charge in [-0.3, -0.25) is 4.79 Å². The molecular formula is C30H32N4O7. The first kappa shape index (κ1) is 28.9. The van der Waals surface area contributed by atoms with Crippen LogP contribution < -0.4 is 30.3 Å². The molecule has 3 amide bonds. The predicted molar refractivity (Wildman–Crippen MR) is 153 cm³/mol. The summed E-state index contributed by atoms with van der Waals surface area (Å²) in [4.78, 5) is 37.3. The summed E-state index contributed by atoms with van der Waals surface area (Å²) in [5, 5.41) is 11.4. The highest BCUT2D eigenvalue weighted by molar-refractivity contribution is 6.02. The fraction of sp³-hybridized carbons (Fsp3) is 0.267. The molecule has 214 valence electrons. The quantitative estimate of drug-likeness (QED) is 0.183. The first-order chi connectivity index (χ1) is 19.9. The zero-order valence-corrected chi connectivity index (χ0v) is 23.3. The number of urea groups is 1. The molecule has 0 spiro atoms. The Labute approximate surface area is 237 Å². The standard InChI is InChI=1S/C30H32N4O7/c1-5-39-23-13-11-19-9-7-8-10-21(19)22(23)16-31-34-26(35)17-41-24-14-12-20(15-25(24)38-4)28-27(29(36)40-6-2)18(3)32-30(37)33-28/h7-16,28H,5-6,17H2,1-4H3,(H,34,35)(H2,32,33,37)/b31-16-/t28-/m1/s1. The summed E-state index contributed by atoms with van der Waals surface area (Å²) >= 11 is 0. The Morgan fingerprint density at radius 2 is 1.78 bits per heavy atom. The van der Waals surface area contributed by atoms with Crippen LogP contribution in [0.3, 0.4) is 0 Å². The molecule has 0 aromatic heterocycles. The topological polar surface area (TPSA) is 137 Å². The lowest BCUT2D eigenvalue weighted by molar-refractivity contribution is -0.139. The largest absolute Gasteiger partial charge is 0.493 e. The van der Waals surface area contributed by atoms with E-state index >= 15 is 0 Å². The molecule has 3 aromatic rings. The lowest BCUT2D eigenvalue weighted by Gasteiger charge is -2.28. The van der Waals surface area contributed by atoms with E-state index in [2.05, 4.69) is 21.2 Å². The van der Waals surface area contributed by atoms with Crippen molar-refractivity contribution in [1.29, 1.82) is 0 Å². The highest BCUT2D eigenvalue weighted by atomic mass is 16.5. The number of nitrogens with one attached hydrogen (secondary N) is 3. The van der Waals surface area contributed by atoms with Gasteiger partial charge in [-0.15, -0.1) is 0 Å². The number of esters is 1. The summed E-state index contributed by atoms with van der Waals surface area (Å²) in [6, 6.07) is 15.3. The van der Waals surface area contributed by atoms with E-state index in [1.807, 2.05) is 43.3 Å². The minimum absolute atomic E-state index is 0.189. The molecule has 41 heavy (non-hydrogen) atoms. The van der Waals surface area contributed by atoms with Gasteiger partial charge in [-0.2, -0.15) is 5.10 Å². The number of carbonyl (C=O) groups excluding carboxylic acids is 3. The van der Waals surface area contributed by atoms with Crippen molar-refractivity contribution in [1.82, 2.24) is 16.1 Å². The van der Waals surface area contributed by atoms with E-state index in [0.717, 1.165) is 16.3 Å². The highest BCUT2D eigenvalue weighted by Crippen LogP contribution is 2.34. The second-order valence-electron chi connectivity index (χ2n) is 8.91. The van der Waals surface area contributed by atoms with Gasteiger partial charge in [0.25, 0.3) is 5.91 Å². The highest BCUT2D eigenvalue weighted by Gasteiger charge is 2.32. The maximum Gasteiger partial charge on any atom is 0.338 e. The summed E-state index contributed by atoms with van der Waals surface area (Å²) in [5.74, 6) is 0.230. The lowest BCUT2D eigenvalue weighted by atomic mass is 9.95. The number of nitrogens with zero attached hydrogens (tertiary/aromatic N) is 1. The van der Waals surface area contributed by atoms with Gasteiger partial charge in [0.2, 0.25) is 0 Å². The number of hydrogen-bond acceptors (Lipinski definition) is 8. The minimum Gasteiger partial charge on any atom is -0.493 e. The summed E-state index contributed by atoms with van der Waals surface area (Å²) in [6.45, 7) is 5.58. The number of hydrazone groups is 1. The van der Waals surface area contributed by atoms with E-state index < -0.39 is 23.9 Å². The monoisotopic (exact) mass is 560 g/mol. The number of fused-ring (bicyclic) bond motifs is 1. The van der Waals surface area contributed by atoms with Crippen LogP contribution in [0.2, 0.25) is 0 Å². The molecule has 0 saturated carbocycles. The Morgan fingerprint density at radius 1 is 1.00 bits per heavy atom. The van der Waals surface area contributed by atoms with Crippen LogP contribution in [0.4, 0.5) is 4.79 Å². The molecular weight excluding hydrogens is 528 g/mol. The number of methoxy groups -OCH3 is 1. The van der Waals surface area contributed by atoms with Crippen LogP contribution in [0.25, 0.3) is 10.8 Å². The van der Waals surface area contributed by atoms with Crippen LogP contribution >= 0.6 is 0 Å². The molecule has 0 aliphatic carbocycles. The van der Waals surface area contributed by atoms with Crippen LogP contribution in [0.15, 0.2) is 71.0 Å². The average Bonchev–Trinajstić information content (AvgIpc) is 2.96. The van der Waals surface area contributed by atoms with Crippen molar-refractivity contribution >= 4 is 34.9 Å². The first-order valence-corrected chi connectivity index (χ1v) is 13.1. The maximum atomic E-state index is 12.6. The molecule has 0 bridgehead atoms. The molecule has 3 aromatic carbocycles. The number of hydrogen-bond donors (Lipinski definition) is 3. The van der Waals surface area contributed by atoms with Gasteiger partial charge >= 0.3 is 12.0 Å². The van der Waals surface area contributed by atoms with Gasteiger partial charge in [0, 0.05) is 11.3 Å². The van der Waals surface area contributed by atoms with E-state index in [0.29, 0.717) is 35.1 Å². The maximum absolute atomic E-state index is 12.6. The fourth-order valence-corrected chi connectivity index (χ4v) is 4.44. The van der Waals surface area contributed by atoms with Gasteiger partial charge in [0.05, 0.1) is 38.2 Å². The van der Waals surface area contributed by atoms with Crippen LogP contribution in [-0.4, -0.2) is 51.1 Å². The third kappa shape index (κ3) is 6.75. The summed E-state index contributed by atoms with van der Waals surface area (Å²) < 4.78 is 22.1. The molecule has 0 radical (unpaired) electrons. The Bertz CT molecular complexity index is 1520. The zero-order valence-electron chi connectivity index (χ0n) is 23.3. The van der Waals surface area contributed by atoms with E-state index in [9.17, 15) is 14.4 Å². The molecule has 0 unspecified atom stereocenters. The van der Waals surface area contributed by atoms with Crippen molar-refractivity contribution < 1.29 is 33.3 Å². The molecule has 0 saturated heterocycles. The molecule has 1 aliphatic heterocycles. The summed E-state index contributed by atoms with van der Waals surface area (Å²) in [7, 11) is 1.45. The second kappa shape index (κ2) is 13.3. The van der Waals surface area contributed by atoms with Gasteiger partial charge in [0.15, 0.2) is 18.1 Å². The van der Waals surface area contributed by atoms with Crippen LogP contribution in [0.1, 0.15) is 37.9 Å². The van der Waals surface area contributed by atoms with E-state index in [4.69, 9.17) is 18.9 Å². The third-order valence-electron chi connectivity index (χ3n) is 6.26. The number of allylic oxidation sites excluding steroid dienone is 1. The van der Waals surface area contributed by atoms with Crippen molar-refractivity contribution in [3.8, 4) is 17.2 Å². The predicted octanol–water partition coefficient (Wildman–Crippen LogP) is 3.97. The molecule has 4 rings (SSSR count). The fourth-order valence-electron chi connectivity index (χ4n) is 4.44. The average molecular weight is 561 g/mol. The Balaban J connectivity index is 1.45. The van der Waals surface area contributed by atoms with Gasteiger partial charge in [-0.25, -0.2) is 15.0 Å². The van der Waals surface area contributed by atoms with Crippen molar-refractivity contribution in [2.45, 2.75) is 26.8 Å². The number of amides is 3. The Hall–Kier alpha value is -5.06. The summed E-state index contributed by atoms with van der Waals surface area (Å²) in [6.07, 6.45) is 1.55. The molecule has 0 fully saturated rings. The normalized spacial score (nSPS) is 14.8. The summed E-state index contributed by atoms with van der Waals surface area (Å²) in [5.41, 5.74) is 4.46. The number of rotatable bonds is 11. The van der Waals surface area contributed by atoms with Crippen molar-refractivity contribution in [3.63, 3.8) is 0 Å². The van der Waals surface area contributed by atoms with Gasteiger partial charge in [-0.1, -0.05) is 36.4 Å². The van der Waals surface area contributed by atoms with E-state index in [1.165, 1.54) is 7.11 Å². The van der Waals surface area contributed by atoms with Crippen LogP contribution in [0, 0.1) is 0 Å². The molecule has 11 nitrogen and oxygen atoms in total. The van der Waals surface area contributed by atoms with E-state index in [1.54, 1.807) is 38.3 Å². The van der Waals surface area contributed by atoms with Crippen molar-refractivity contribution in [2.75, 3.05) is 26.9 Å². The smallest absolute Gasteiger partial charge is 0.338 e. The molecule has 11 heteroatoms. The molecule has 1 aliphatic rings. The molecule has 3 N–H and O–H groups in total. The minimum atomic E-state index is -0.765.